The number of hydrogen-bond donors (Lipinski definition) is 1. The Kier molecular flexibility index (Phi) is 3.90. The predicted octanol–water partition coefficient (Wildman–Crippen LogP) is 4.81. The van der Waals surface area contributed by atoms with Gasteiger partial charge in [-0.05, 0) is 43.3 Å². The highest BCUT2D eigenvalue weighted by Crippen LogP contribution is 2.34. The molecule has 106 valence electrons. The van der Waals surface area contributed by atoms with Gasteiger partial charge in [-0.25, -0.2) is 0 Å². The Morgan fingerprint density at radius 3 is 2.76 bits per heavy atom. The van der Waals surface area contributed by atoms with Crippen LogP contribution in [-0.2, 0) is 0 Å². The number of aromatic nitrogens is 1. The summed E-state index contributed by atoms with van der Waals surface area (Å²) in [5.74, 6) is 1.54. The molecule has 0 aliphatic carbocycles. The quantitative estimate of drug-likeness (QED) is 0.742. The van der Waals surface area contributed by atoms with E-state index in [0.29, 0.717) is 0 Å². The number of halogens is 1. The van der Waals surface area contributed by atoms with Gasteiger partial charge in [0.2, 0.25) is 0 Å². The molecule has 3 rings (SSSR count). The van der Waals surface area contributed by atoms with Gasteiger partial charge >= 0.3 is 0 Å². The van der Waals surface area contributed by atoms with Crippen molar-refractivity contribution in [2.45, 2.75) is 13.0 Å². The van der Waals surface area contributed by atoms with Crippen LogP contribution in [0.3, 0.4) is 0 Å². The van der Waals surface area contributed by atoms with E-state index in [4.69, 9.17) is 10.5 Å². The van der Waals surface area contributed by atoms with Crippen molar-refractivity contribution in [3.63, 3.8) is 0 Å². The van der Waals surface area contributed by atoms with Crippen LogP contribution in [0.2, 0.25) is 0 Å². The first-order valence-corrected chi connectivity index (χ1v) is 7.51. The Labute approximate surface area is 131 Å². The number of rotatable bonds is 3. The summed E-state index contributed by atoms with van der Waals surface area (Å²) >= 11 is 3.48. The SMILES string of the molecule is CC(N)c1ccc(Br)cc1Oc1cccc2ncccc12. The van der Waals surface area contributed by atoms with E-state index in [1.54, 1.807) is 6.20 Å². The number of ether oxygens (including phenoxy) is 1. The maximum atomic E-state index is 6.11. The van der Waals surface area contributed by atoms with E-state index in [0.717, 1.165) is 32.4 Å². The van der Waals surface area contributed by atoms with Gasteiger partial charge in [0.25, 0.3) is 0 Å². The third kappa shape index (κ3) is 2.91. The molecule has 1 aromatic heterocycles. The van der Waals surface area contributed by atoms with Gasteiger partial charge in [-0.1, -0.05) is 28.1 Å². The van der Waals surface area contributed by atoms with Crippen molar-refractivity contribution in [1.29, 1.82) is 0 Å². The standard InChI is InChI=1S/C17H15BrN2O/c1-11(19)13-8-7-12(18)10-17(13)21-16-6-2-5-15-14(16)4-3-9-20-15/h2-11H,19H2,1H3. The van der Waals surface area contributed by atoms with E-state index < -0.39 is 0 Å². The Morgan fingerprint density at radius 1 is 1.10 bits per heavy atom. The van der Waals surface area contributed by atoms with Crippen LogP contribution in [-0.4, -0.2) is 4.98 Å². The topological polar surface area (TPSA) is 48.1 Å². The second-order valence-corrected chi connectivity index (χ2v) is 5.81. The third-order valence-electron chi connectivity index (χ3n) is 3.29. The molecule has 0 fully saturated rings. The molecule has 0 aliphatic heterocycles. The fraction of sp³-hybridized carbons (Fsp3) is 0.118. The Hall–Kier alpha value is -1.91. The molecule has 3 aromatic rings. The molecule has 0 saturated carbocycles. The van der Waals surface area contributed by atoms with Crippen molar-refractivity contribution in [3.05, 3.63) is 64.8 Å². The monoisotopic (exact) mass is 342 g/mol. The minimum atomic E-state index is -0.0961. The largest absolute Gasteiger partial charge is 0.456 e. The maximum Gasteiger partial charge on any atom is 0.136 e. The minimum absolute atomic E-state index is 0.0961. The number of nitrogens with two attached hydrogens (primary N) is 1. The molecule has 0 radical (unpaired) electrons. The van der Waals surface area contributed by atoms with Crippen LogP contribution < -0.4 is 10.5 Å². The van der Waals surface area contributed by atoms with Crippen LogP contribution >= 0.6 is 15.9 Å². The van der Waals surface area contributed by atoms with E-state index in [1.807, 2.05) is 55.5 Å². The summed E-state index contributed by atoms with van der Waals surface area (Å²) in [5.41, 5.74) is 7.90. The molecular formula is C17H15BrN2O. The van der Waals surface area contributed by atoms with Gasteiger partial charge < -0.3 is 10.5 Å². The number of benzene rings is 2. The lowest BCUT2D eigenvalue weighted by Crippen LogP contribution is -2.06. The van der Waals surface area contributed by atoms with Gasteiger partial charge in [0.05, 0.1) is 5.52 Å². The summed E-state index contributed by atoms with van der Waals surface area (Å²) < 4.78 is 7.07. The number of fused-ring (bicyclic) bond motifs is 1. The Bertz CT molecular complexity index is 781. The average molecular weight is 343 g/mol. The highest BCUT2D eigenvalue weighted by atomic mass is 79.9. The lowest BCUT2D eigenvalue weighted by atomic mass is 10.1. The first-order chi connectivity index (χ1) is 10.1. The summed E-state index contributed by atoms with van der Waals surface area (Å²) in [4.78, 5) is 4.34. The van der Waals surface area contributed by atoms with Crippen LogP contribution in [0, 0.1) is 0 Å². The third-order valence-corrected chi connectivity index (χ3v) is 3.79. The second kappa shape index (κ2) is 5.84. The van der Waals surface area contributed by atoms with Gasteiger partial charge in [0.15, 0.2) is 0 Å². The zero-order valence-corrected chi connectivity index (χ0v) is 13.2. The van der Waals surface area contributed by atoms with Gasteiger partial charge in [0, 0.05) is 27.7 Å². The van der Waals surface area contributed by atoms with Gasteiger partial charge in [-0.2, -0.15) is 0 Å². The molecule has 1 unspecified atom stereocenters. The number of pyridine rings is 1. The van der Waals surface area contributed by atoms with Crippen molar-refractivity contribution >= 4 is 26.8 Å². The highest BCUT2D eigenvalue weighted by Gasteiger charge is 2.11. The van der Waals surface area contributed by atoms with E-state index in [1.165, 1.54) is 0 Å². The summed E-state index contributed by atoms with van der Waals surface area (Å²) in [7, 11) is 0. The van der Waals surface area contributed by atoms with E-state index in [2.05, 4.69) is 20.9 Å². The molecular weight excluding hydrogens is 328 g/mol. The van der Waals surface area contributed by atoms with Crippen LogP contribution in [0.25, 0.3) is 10.9 Å². The highest BCUT2D eigenvalue weighted by molar-refractivity contribution is 9.10. The fourth-order valence-electron chi connectivity index (χ4n) is 2.26. The first kappa shape index (κ1) is 14.0. The van der Waals surface area contributed by atoms with Crippen LogP contribution in [0.1, 0.15) is 18.5 Å². The maximum absolute atomic E-state index is 6.11. The van der Waals surface area contributed by atoms with Crippen LogP contribution in [0.4, 0.5) is 0 Å². The zero-order valence-electron chi connectivity index (χ0n) is 11.6. The average Bonchev–Trinajstić information content (AvgIpc) is 2.47. The lowest BCUT2D eigenvalue weighted by Gasteiger charge is -2.15. The summed E-state index contributed by atoms with van der Waals surface area (Å²) in [5, 5.41) is 0.982. The number of hydrogen-bond acceptors (Lipinski definition) is 3. The molecule has 21 heavy (non-hydrogen) atoms. The smallest absolute Gasteiger partial charge is 0.136 e. The van der Waals surface area contributed by atoms with E-state index >= 15 is 0 Å². The Balaban J connectivity index is 2.09. The molecule has 0 amide bonds. The van der Waals surface area contributed by atoms with Crippen LogP contribution in [0.5, 0.6) is 11.5 Å². The second-order valence-electron chi connectivity index (χ2n) is 4.90. The molecule has 1 atom stereocenters. The Morgan fingerprint density at radius 2 is 1.95 bits per heavy atom. The summed E-state index contributed by atoms with van der Waals surface area (Å²) in [6.45, 7) is 1.95. The minimum Gasteiger partial charge on any atom is -0.456 e. The predicted molar refractivity (Wildman–Crippen MR) is 88.6 cm³/mol. The van der Waals surface area contributed by atoms with Gasteiger partial charge in [-0.15, -0.1) is 0 Å². The zero-order chi connectivity index (χ0) is 14.8. The van der Waals surface area contributed by atoms with Crippen LogP contribution in [0.15, 0.2) is 59.2 Å². The van der Waals surface area contributed by atoms with Crippen molar-refractivity contribution in [3.8, 4) is 11.5 Å². The molecule has 2 aromatic carbocycles. The van der Waals surface area contributed by atoms with Crippen molar-refractivity contribution in [1.82, 2.24) is 4.98 Å². The van der Waals surface area contributed by atoms with E-state index in [9.17, 15) is 0 Å². The van der Waals surface area contributed by atoms with Gasteiger partial charge in [0.1, 0.15) is 11.5 Å². The summed E-state index contributed by atoms with van der Waals surface area (Å²) in [6, 6.07) is 15.5. The van der Waals surface area contributed by atoms with Crippen molar-refractivity contribution in [2.24, 2.45) is 5.73 Å². The van der Waals surface area contributed by atoms with Crippen molar-refractivity contribution < 1.29 is 4.74 Å². The molecule has 2 N–H and O–H groups in total. The summed E-state index contributed by atoms with van der Waals surface area (Å²) in [6.07, 6.45) is 1.78. The molecule has 1 heterocycles. The molecule has 0 spiro atoms. The van der Waals surface area contributed by atoms with Gasteiger partial charge in [-0.3, -0.25) is 4.98 Å². The van der Waals surface area contributed by atoms with Crippen molar-refractivity contribution in [2.75, 3.05) is 0 Å². The molecule has 0 aliphatic rings. The molecule has 4 heteroatoms. The van der Waals surface area contributed by atoms with E-state index in [-0.39, 0.29) is 6.04 Å². The molecule has 0 bridgehead atoms. The fourth-order valence-corrected chi connectivity index (χ4v) is 2.60. The normalized spacial score (nSPS) is 12.3. The lowest BCUT2D eigenvalue weighted by molar-refractivity contribution is 0.477. The first-order valence-electron chi connectivity index (χ1n) is 6.72. The number of nitrogens with zero attached hydrogens (tertiary/aromatic N) is 1. The molecule has 3 nitrogen and oxygen atoms in total. The molecule has 0 saturated heterocycles.